The zero-order valence-electron chi connectivity index (χ0n) is 16.1. The van der Waals surface area contributed by atoms with Crippen molar-refractivity contribution in [2.45, 2.75) is 10.9 Å². The molecule has 4 aromatic rings. The Bertz CT molecular complexity index is 1270. The molecule has 8 heteroatoms. The van der Waals surface area contributed by atoms with Crippen LogP contribution < -0.4 is 11.1 Å². The maximum Gasteiger partial charge on any atom is 0.255 e. The largest absolute Gasteiger partial charge is 0.397 e. The van der Waals surface area contributed by atoms with Crippen LogP contribution in [0, 0.1) is 5.82 Å². The van der Waals surface area contributed by atoms with E-state index in [4.69, 9.17) is 5.73 Å². The molecular weight excluding hydrogens is 403 g/mol. The molecule has 0 radical (unpaired) electrons. The molecule has 4 rings (SSSR count). The van der Waals surface area contributed by atoms with Crippen LogP contribution in [0.3, 0.4) is 0 Å². The third-order valence-electron chi connectivity index (χ3n) is 4.73. The molecule has 152 valence electrons. The van der Waals surface area contributed by atoms with Gasteiger partial charge in [-0.15, -0.1) is 0 Å². The van der Waals surface area contributed by atoms with Gasteiger partial charge in [0.15, 0.2) is 5.16 Å². The Hall–Kier alpha value is -3.52. The fourth-order valence-corrected chi connectivity index (χ4v) is 4.37. The predicted octanol–water partition coefficient (Wildman–Crippen LogP) is 3.85. The Labute approximate surface area is 175 Å². The highest BCUT2D eigenvalue weighted by Gasteiger charge is 2.15. The number of para-hydroxylation sites is 2. The summed E-state index contributed by atoms with van der Waals surface area (Å²) in [5.41, 5.74) is 9.17. The molecule has 0 saturated heterocycles. The van der Waals surface area contributed by atoms with Crippen molar-refractivity contribution in [1.82, 2.24) is 9.55 Å². The topological polar surface area (TPSA) is 90.0 Å². The van der Waals surface area contributed by atoms with Crippen LogP contribution >= 0.6 is 0 Å². The van der Waals surface area contributed by atoms with Crippen LogP contribution in [0.2, 0.25) is 0 Å². The molecule has 3 N–H and O–H groups in total. The van der Waals surface area contributed by atoms with Gasteiger partial charge in [-0.3, -0.25) is 9.00 Å². The second-order valence-electron chi connectivity index (χ2n) is 6.81. The average molecular weight is 422 g/mol. The van der Waals surface area contributed by atoms with Crippen LogP contribution in [-0.4, -0.2) is 19.7 Å². The van der Waals surface area contributed by atoms with E-state index in [1.165, 1.54) is 12.1 Å². The molecule has 1 unspecified atom stereocenters. The number of carbonyl (C=O) groups is 1. The second-order valence-corrected chi connectivity index (χ2v) is 8.16. The van der Waals surface area contributed by atoms with E-state index < -0.39 is 16.6 Å². The van der Waals surface area contributed by atoms with Crippen LogP contribution in [0.1, 0.15) is 15.9 Å². The van der Waals surface area contributed by atoms with Gasteiger partial charge in [-0.25, -0.2) is 9.37 Å². The van der Waals surface area contributed by atoms with Gasteiger partial charge in [-0.05, 0) is 48.0 Å². The number of aromatic nitrogens is 2. The summed E-state index contributed by atoms with van der Waals surface area (Å²) in [4.78, 5) is 16.9. The molecule has 0 spiro atoms. The summed E-state index contributed by atoms with van der Waals surface area (Å²) >= 11 is 0. The molecular formula is C22H19FN4O2S. The van der Waals surface area contributed by atoms with Crippen LogP contribution in [0.15, 0.2) is 71.9 Å². The van der Waals surface area contributed by atoms with Crippen molar-refractivity contribution in [3.05, 3.63) is 83.7 Å². The van der Waals surface area contributed by atoms with Gasteiger partial charge in [0.25, 0.3) is 5.91 Å². The maximum absolute atomic E-state index is 13.1. The summed E-state index contributed by atoms with van der Waals surface area (Å²) in [5.74, 6) is -0.552. The van der Waals surface area contributed by atoms with E-state index in [2.05, 4.69) is 10.3 Å². The van der Waals surface area contributed by atoms with Crippen LogP contribution in [0.4, 0.5) is 15.8 Å². The average Bonchev–Trinajstić information content (AvgIpc) is 3.07. The fourth-order valence-electron chi connectivity index (χ4n) is 3.14. The molecule has 6 nitrogen and oxygen atoms in total. The lowest BCUT2D eigenvalue weighted by atomic mass is 10.1. The number of nitrogens with one attached hydrogen (secondary N) is 1. The number of anilines is 2. The van der Waals surface area contributed by atoms with E-state index in [0.717, 1.165) is 22.7 Å². The number of nitrogen functional groups attached to an aromatic ring is 1. The predicted molar refractivity (Wildman–Crippen MR) is 116 cm³/mol. The Morgan fingerprint density at radius 3 is 2.57 bits per heavy atom. The lowest BCUT2D eigenvalue weighted by Gasteiger charge is -2.09. The first kappa shape index (κ1) is 19.8. The lowest BCUT2D eigenvalue weighted by Crippen LogP contribution is -2.13. The fraction of sp³-hybridized carbons (Fsp3) is 0.0909. The molecule has 0 bridgehead atoms. The number of hydrogen-bond acceptors (Lipinski definition) is 4. The van der Waals surface area contributed by atoms with E-state index in [-0.39, 0.29) is 17.3 Å². The molecule has 3 aromatic carbocycles. The van der Waals surface area contributed by atoms with Crippen LogP contribution in [0.5, 0.6) is 0 Å². The van der Waals surface area contributed by atoms with E-state index in [9.17, 15) is 13.4 Å². The van der Waals surface area contributed by atoms with Crippen molar-refractivity contribution >= 4 is 39.1 Å². The molecule has 0 aliphatic carbocycles. The van der Waals surface area contributed by atoms with Crippen LogP contribution in [0.25, 0.3) is 11.0 Å². The summed E-state index contributed by atoms with van der Waals surface area (Å²) in [6.07, 6.45) is 0. The molecule has 1 amide bonds. The highest BCUT2D eigenvalue weighted by atomic mass is 32.2. The standard InChI is InChI=1S/C22H19FN4O2S/c1-27-20-5-3-2-4-19(20)26-22(27)30(29)13-14-6-8-15(9-7-14)21(28)25-18-11-10-16(23)12-17(18)24/h2-12H,13,24H2,1H3,(H,25,28). The Morgan fingerprint density at radius 1 is 1.13 bits per heavy atom. The smallest absolute Gasteiger partial charge is 0.255 e. The zero-order valence-corrected chi connectivity index (χ0v) is 16.9. The number of nitrogens with two attached hydrogens (primary N) is 1. The highest BCUT2D eigenvalue weighted by Crippen LogP contribution is 2.21. The minimum atomic E-state index is -1.33. The number of hydrogen-bond donors (Lipinski definition) is 2. The van der Waals surface area contributed by atoms with Crippen molar-refractivity contribution < 1.29 is 13.4 Å². The summed E-state index contributed by atoms with van der Waals surface area (Å²) in [7, 11) is 0.511. The maximum atomic E-state index is 13.1. The Morgan fingerprint density at radius 2 is 1.87 bits per heavy atom. The van der Waals surface area contributed by atoms with Gasteiger partial charge in [-0.1, -0.05) is 24.3 Å². The van der Waals surface area contributed by atoms with Crippen molar-refractivity contribution in [1.29, 1.82) is 0 Å². The number of amides is 1. The molecule has 0 saturated carbocycles. The summed E-state index contributed by atoms with van der Waals surface area (Å²) in [6.45, 7) is 0. The van der Waals surface area contributed by atoms with Crippen molar-refractivity contribution in [2.75, 3.05) is 11.1 Å². The summed E-state index contributed by atoms with van der Waals surface area (Å²) in [5, 5.41) is 3.16. The van der Waals surface area contributed by atoms with Gasteiger partial charge in [-0.2, -0.15) is 0 Å². The minimum absolute atomic E-state index is 0.151. The van der Waals surface area contributed by atoms with Gasteiger partial charge in [0.05, 0.1) is 39.0 Å². The quantitative estimate of drug-likeness (QED) is 0.478. The molecule has 30 heavy (non-hydrogen) atoms. The highest BCUT2D eigenvalue weighted by molar-refractivity contribution is 7.84. The number of carbonyl (C=O) groups excluding carboxylic acids is 1. The third-order valence-corrected chi connectivity index (χ3v) is 6.09. The molecule has 0 aliphatic heterocycles. The second kappa shape index (κ2) is 8.08. The number of benzene rings is 3. The normalized spacial score (nSPS) is 12.1. The first-order valence-electron chi connectivity index (χ1n) is 9.17. The van der Waals surface area contributed by atoms with Crippen molar-refractivity contribution in [3.63, 3.8) is 0 Å². The van der Waals surface area contributed by atoms with Gasteiger partial charge in [0, 0.05) is 12.6 Å². The summed E-state index contributed by atoms with van der Waals surface area (Å²) in [6, 6.07) is 18.2. The van der Waals surface area contributed by atoms with Crippen molar-refractivity contribution in [3.8, 4) is 0 Å². The number of fused-ring (bicyclic) bond motifs is 1. The molecule has 1 heterocycles. The zero-order chi connectivity index (χ0) is 21.3. The minimum Gasteiger partial charge on any atom is -0.397 e. The molecule has 0 fully saturated rings. The van der Waals surface area contributed by atoms with Crippen LogP contribution in [-0.2, 0) is 23.6 Å². The Balaban J connectivity index is 1.47. The van der Waals surface area contributed by atoms with Gasteiger partial charge >= 0.3 is 0 Å². The van der Waals surface area contributed by atoms with Gasteiger partial charge in [0.2, 0.25) is 0 Å². The van der Waals surface area contributed by atoms with Gasteiger partial charge in [0.1, 0.15) is 5.82 Å². The molecule has 1 aromatic heterocycles. The lowest BCUT2D eigenvalue weighted by molar-refractivity contribution is 0.102. The monoisotopic (exact) mass is 422 g/mol. The number of imidazole rings is 1. The molecule has 1 atom stereocenters. The van der Waals surface area contributed by atoms with Gasteiger partial charge < -0.3 is 15.6 Å². The van der Waals surface area contributed by atoms with Crippen molar-refractivity contribution in [2.24, 2.45) is 7.05 Å². The molecule has 0 aliphatic rings. The Kier molecular flexibility index (Phi) is 5.33. The van der Waals surface area contributed by atoms with E-state index in [1.807, 2.05) is 35.9 Å². The summed E-state index contributed by atoms with van der Waals surface area (Å²) < 4.78 is 27.8. The SMILES string of the molecule is Cn1c(S(=O)Cc2ccc(C(=O)Nc3ccc(F)cc3N)cc2)nc2ccccc21. The van der Waals surface area contributed by atoms with E-state index in [0.29, 0.717) is 16.4 Å². The number of aryl methyl sites for hydroxylation is 1. The number of halogens is 1. The number of nitrogens with zero attached hydrogens (tertiary/aromatic N) is 2. The first-order valence-corrected chi connectivity index (χ1v) is 10.5. The van der Waals surface area contributed by atoms with E-state index >= 15 is 0 Å². The van der Waals surface area contributed by atoms with E-state index in [1.54, 1.807) is 24.3 Å². The number of rotatable bonds is 5. The third kappa shape index (κ3) is 3.95. The first-order chi connectivity index (χ1) is 14.4.